The second kappa shape index (κ2) is 10.7. The Kier molecular flexibility index (Phi) is 7.91. The van der Waals surface area contributed by atoms with Crippen LogP contribution in [0.2, 0.25) is 5.02 Å². The molecule has 186 valence electrons. The molecule has 1 aliphatic heterocycles. The van der Waals surface area contributed by atoms with Crippen LogP contribution >= 0.6 is 11.6 Å². The first-order valence-electron chi connectivity index (χ1n) is 11.1. The number of carbonyl (C=O) groups is 3. The molecule has 1 aliphatic rings. The van der Waals surface area contributed by atoms with Crippen molar-refractivity contribution in [2.75, 3.05) is 12.3 Å². The molecule has 3 rings (SSSR count). The van der Waals surface area contributed by atoms with E-state index in [0.717, 1.165) is 0 Å². The molecule has 0 spiro atoms. The topological polar surface area (TPSA) is 183 Å². The van der Waals surface area contributed by atoms with E-state index < -0.39 is 35.4 Å². The Morgan fingerprint density at radius 2 is 2.09 bits per heavy atom. The highest BCUT2D eigenvalue weighted by Gasteiger charge is 2.42. The third-order valence-corrected chi connectivity index (χ3v) is 6.07. The number of aromatic nitrogens is 4. The molecule has 1 saturated heterocycles. The van der Waals surface area contributed by atoms with E-state index in [1.165, 1.54) is 23.1 Å². The fourth-order valence-electron chi connectivity index (χ4n) is 3.85. The lowest BCUT2D eigenvalue weighted by atomic mass is 9.85. The zero-order chi connectivity index (χ0) is 25.8. The van der Waals surface area contributed by atoms with E-state index in [0.29, 0.717) is 25.1 Å². The number of nitrogens with two attached hydrogens (primary N) is 1. The summed E-state index contributed by atoms with van der Waals surface area (Å²) in [6.45, 7) is 5.84. The molecule has 2 heterocycles. The number of benzene rings is 1. The Morgan fingerprint density at radius 1 is 1.34 bits per heavy atom. The van der Waals surface area contributed by atoms with Crippen molar-refractivity contribution in [1.29, 1.82) is 5.26 Å². The van der Waals surface area contributed by atoms with E-state index in [4.69, 9.17) is 17.3 Å². The molecule has 0 bridgehead atoms. The predicted octanol–water partition coefficient (Wildman–Crippen LogP) is 0.822. The van der Waals surface area contributed by atoms with Gasteiger partial charge in [0.05, 0.1) is 16.8 Å². The first-order chi connectivity index (χ1) is 16.5. The van der Waals surface area contributed by atoms with Gasteiger partial charge in [0.2, 0.25) is 11.8 Å². The van der Waals surface area contributed by atoms with Crippen molar-refractivity contribution in [3.63, 3.8) is 0 Å². The van der Waals surface area contributed by atoms with Gasteiger partial charge in [0, 0.05) is 18.5 Å². The summed E-state index contributed by atoms with van der Waals surface area (Å²) in [6.07, 6.45) is 1.13. The van der Waals surface area contributed by atoms with Gasteiger partial charge in [-0.3, -0.25) is 14.4 Å². The molecule has 0 aliphatic carbocycles. The third-order valence-electron chi connectivity index (χ3n) is 5.74. The summed E-state index contributed by atoms with van der Waals surface area (Å²) in [5.41, 5.74) is 5.68. The number of halogens is 1. The molecule has 1 aromatic carbocycles. The Hall–Kier alpha value is -3.72. The van der Waals surface area contributed by atoms with Crippen molar-refractivity contribution in [3.8, 4) is 6.07 Å². The van der Waals surface area contributed by atoms with Crippen molar-refractivity contribution in [2.45, 2.75) is 58.2 Å². The second-order valence-electron chi connectivity index (χ2n) is 9.42. The molecule has 1 aromatic heterocycles. The van der Waals surface area contributed by atoms with Gasteiger partial charge in [-0.15, -0.1) is 10.2 Å². The lowest BCUT2D eigenvalue weighted by Gasteiger charge is -2.35. The van der Waals surface area contributed by atoms with E-state index in [2.05, 4.69) is 31.3 Å². The summed E-state index contributed by atoms with van der Waals surface area (Å²) >= 11 is 6.04. The molecular weight excluding hydrogens is 474 g/mol. The van der Waals surface area contributed by atoms with Crippen molar-refractivity contribution < 1.29 is 14.4 Å². The number of tetrazole rings is 1. The van der Waals surface area contributed by atoms with E-state index in [-0.39, 0.29) is 28.7 Å². The van der Waals surface area contributed by atoms with Gasteiger partial charge in [0.25, 0.3) is 5.91 Å². The minimum absolute atomic E-state index is 0.0736. The number of anilines is 1. The molecule has 0 saturated carbocycles. The highest BCUT2D eigenvalue weighted by Crippen LogP contribution is 2.27. The number of aromatic amines is 1. The summed E-state index contributed by atoms with van der Waals surface area (Å²) in [6, 6.07) is 3.93. The predicted molar refractivity (Wildman–Crippen MR) is 127 cm³/mol. The Bertz CT molecular complexity index is 1120. The summed E-state index contributed by atoms with van der Waals surface area (Å²) in [5, 5.41) is 28.5. The zero-order valence-electron chi connectivity index (χ0n) is 19.7. The van der Waals surface area contributed by atoms with Crippen LogP contribution in [0, 0.1) is 16.7 Å². The second-order valence-corrected chi connectivity index (χ2v) is 9.83. The van der Waals surface area contributed by atoms with Crippen LogP contribution in [0.5, 0.6) is 0 Å². The molecule has 13 heteroatoms. The van der Waals surface area contributed by atoms with Crippen LogP contribution < -0.4 is 16.4 Å². The van der Waals surface area contributed by atoms with Crippen molar-refractivity contribution >= 4 is 35.0 Å². The fraction of sp³-hybridized carbons (Fsp3) is 0.500. The van der Waals surface area contributed by atoms with Gasteiger partial charge in [0.15, 0.2) is 5.82 Å². The van der Waals surface area contributed by atoms with Crippen LogP contribution in [-0.4, -0.2) is 67.9 Å². The number of likely N-dealkylation sites (tertiary alicyclic amines) is 1. The first kappa shape index (κ1) is 25.9. The number of rotatable bonds is 7. The molecule has 0 radical (unpaired) electrons. The summed E-state index contributed by atoms with van der Waals surface area (Å²) in [7, 11) is 0. The van der Waals surface area contributed by atoms with Crippen LogP contribution in [0.25, 0.3) is 0 Å². The number of nitrogens with one attached hydrogen (secondary N) is 3. The van der Waals surface area contributed by atoms with Gasteiger partial charge in [-0.25, -0.2) is 0 Å². The highest BCUT2D eigenvalue weighted by molar-refractivity contribution is 6.33. The van der Waals surface area contributed by atoms with Crippen LogP contribution in [0.15, 0.2) is 18.2 Å². The number of nitrogens with zero attached hydrogens (tertiary/aromatic N) is 5. The van der Waals surface area contributed by atoms with Gasteiger partial charge in [-0.2, -0.15) is 10.5 Å². The lowest BCUT2D eigenvalue weighted by molar-refractivity contribution is -0.142. The molecule has 1 fully saturated rings. The van der Waals surface area contributed by atoms with Gasteiger partial charge >= 0.3 is 0 Å². The quantitative estimate of drug-likeness (QED) is 0.402. The molecule has 2 aromatic rings. The number of H-pyrrole nitrogens is 1. The summed E-state index contributed by atoms with van der Waals surface area (Å²) < 4.78 is 0. The summed E-state index contributed by atoms with van der Waals surface area (Å²) in [5.74, 6) is -1.02. The number of amides is 3. The maximum atomic E-state index is 13.6. The van der Waals surface area contributed by atoms with E-state index in [1.54, 1.807) is 0 Å². The normalized spacial score (nSPS) is 17.3. The number of carbonyl (C=O) groups excluding carboxylic acids is 3. The van der Waals surface area contributed by atoms with Gasteiger partial charge in [-0.05, 0) is 36.5 Å². The minimum atomic E-state index is -0.911. The number of hydrogen-bond acceptors (Lipinski definition) is 8. The van der Waals surface area contributed by atoms with Crippen LogP contribution in [0.4, 0.5) is 5.69 Å². The molecule has 5 N–H and O–H groups in total. The van der Waals surface area contributed by atoms with Gasteiger partial charge < -0.3 is 21.3 Å². The molecule has 35 heavy (non-hydrogen) atoms. The molecule has 3 atom stereocenters. The highest BCUT2D eigenvalue weighted by atomic mass is 35.5. The molecule has 3 amide bonds. The number of hydrogen-bond donors (Lipinski definition) is 4. The van der Waals surface area contributed by atoms with Crippen LogP contribution in [0.3, 0.4) is 0 Å². The van der Waals surface area contributed by atoms with Crippen molar-refractivity contribution in [2.24, 2.45) is 5.41 Å². The van der Waals surface area contributed by atoms with Crippen molar-refractivity contribution in [1.82, 2.24) is 36.2 Å². The lowest BCUT2D eigenvalue weighted by Crippen LogP contribution is -2.58. The number of nitriles is 1. The molecular formula is C22H28ClN9O3. The smallest absolute Gasteiger partial charge is 0.252 e. The van der Waals surface area contributed by atoms with Crippen LogP contribution in [-0.2, 0) is 16.0 Å². The molecule has 3 unspecified atom stereocenters. The zero-order valence-corrected chi connectivity index (χ0v) is 20.5. The fourth-order valence-corrected chi connectivity index (χ4v) is 4.03. The summed E-state index contributed by atoms with van der Waals surface area (Å²) in [4.78, 5) is 41.0. The van der Waals surface area contributed by atoms with E-state index in [1.807, 2.05) is 26.8 Å². The Labute approximate surface area is 207 Å². The first-order valence-corrected chi connectivity index (χ1v) is 11.5. The SMILES string of the molecule is CC(C)(C)C(NC(=O)c1ccc(N)c(Cl)c1)C(=O)N1CCCC1C(=O)NC(C#N)Cc1nn[nH]n1. The average Bonchev–Trinajstić information content (AvgIpc) is 3.49. The van der Waals surface area contributed by atoms with Gasteiger partial charge in [0.1, 0.15) is 18.1 Å². The van der Waals surface area contributed by atoms with E-state index >= 15 is 0 Å². The van der Waals surface area contributed by atoms with Crippen LogP contribution in [0.1, 0.15) is 49.8 Å². The number of nitrogen functional groups attached to an aromatic ring is 1. The largest absolute Gasteiger partial charge is 0.398 e. The van der Waals surface area contributed by atoms with Gasteiger partial charge in [-0.1, -0.05) is 37.6 Å². The molecule has 12 nitrogen and oxygen atoms in total. The average molecular weight is 502 g/mol. The maximum absolute atomic E-state index is 13.6. The standard InChI is InChI=1S/C22H28ClN9O3/c1-22(2,3)18(27-19(33)12-6-7-15(25)14(23)9-12)21(35)32-8-4-5-16(32)20(34)26-13(11-24)10-17-28-30-31-29-17/h6-7,9,13,16,18H,4-5,8,10,25H2,1-3H3,(H,26,34)(H,27,33)(H,28,29,30,31). The minimum Gasteiger partial charge on any atom is -0.398 e. The maximum Gasteiger partial charge on any atom is 0.252 e. The monoisotopic (exact) mass is 501 g/mol. The third kappa shape index (κ3) is 6.24. The Morgan fingerprint density at radius 3 is 2.69 bits per heavy atom. The Balaban J connectivity index is 1.74. The van der Waals surface area contributed by atoms with E-state index in [9.17, 15) is 19.6 Å². The van der Waals surface area contributed by atoms with Crippen molar-refractivity contribution in [3.05, 3.63) is 34.6 Å².